The Morgan fingerprint density at radius 1 is 1.12 bits per heavy atom. The van der Waals surface area contributed by atoms with Gasteiger partial charge in [-0.1, -0.05) is 18.2 Å². The summed E-state index contributed by atoms with van der Waals surface area (Å²) in [6.45, 7) is 5.08. The largest absolute Gasteiger partial charge is 0.380 e. The van der Waals surface area contributed by atoms with Crippen LogP contribution in [0.1, 0.15) is 46.5 Å². The lowest BCUT2D eigenvalue weighted by Gasteiger charge is -2.29. The van der Waals surface area contributed by atoms with E-state index in [0.717, 1.165) is 52.2 Å². The van der Waals surface area contributed by atoms with E-state index in [1.807, 2.05) is 74.6 Å². The molecule has 3 unspecified atom stereocenters. The molecular weight excluding hydrogens is 540 g/mol. The van der Waals surface area contributed by atoms with Crippen molar-refractivity contribution in [3.63, 3.8) is 0 Å². The Kier molecular flexibility index (Phi) is 8.39. The molecule has 5 rings (SSSR count). The molecule has 0 spiro atoms. The molecule has 2 aromatic heterocycles. The second-order valence-electron chi connectivity index (χ2n) is 10.8. The van der Waals surface area contributed by atoms with Crippen LogP contribution in [-0.2, 0) is 22.7 Å². The number of aromatic nitrogens is 3. The van der Waals surface area contributed by atoms with E-state index in [1.54, 1.807) is 4.90 Å². The Balaban J connectivity index is 1.18. The molecule has 1 aliphatic heterocycles. The number of carbonyl (C=O) groups is 2. The molecule has 3 heterocycles. The van der Waals surface area contributed by atoms with E-state index < -0.39 is 24.0 Å². The molecule has 0 bridgehead atoms. The number of hydrogen-bond donors (Lipinski definition) is 3. The van der Waals surface area contributed by atoms with E-state index in [1.165, 1.54) is 11.3 Å². The van der Waals surface area contributed by atoms with Crippen molar-refractivity contribution >= 4 is 39.9 Å². The second kappa shape index (κ2) is 12.0. The third-order valence-corrected chi connectivity index (χ3v) is 8.45. The molecule has 0 saturated carbocycles. The summed E-state index contributed by atoms with van der Waals surface area (Å²) in [6, 6.07) is 13.8. The van der Waals surface area contributed by atoms with Crippen molar-refractivity contribution in [1.82, 2.24) is 24.8 Å². The predicted molar refractivity (Wildman–Crippen MR) is 159 cm³/mol. The summed E-state index contributed by atoms with van der Waals surface area (Å²) in [7, 11) is 3.90. The zero-order valence-electron chi connectivity index (χ0n) is 23.7. The fourth-order valence-electron chi connectivity index (χ4n) is 5.32. The maximum Gasteiger partial charge on any atom is 0.255 e. The van der Waals surface area contributed by atoms with Gasteiger partial charge in [0.25, 0.3) is 11.8 Å². The Morgan fingerprint density at radius 3 is 2.71 bits per heavy atom. The van der Waals surface area contributed by atoms with Crippen LogP contribution >= 0.6 is 11.3 Å². The average Bonchev–Trinajstić information content (AvgIpc) is 3.70. The lowest BCUT2D eigenvalue weighted by atomic mass is 10.0. The summed E-state index contributed by atoms with van der Waals surface area (Å²) < 4.78 is 2.11. The molecular formula is C30H36N6O4S. The summed E-state index contributed by atoms with van der Waals surface area (Å²) in [6.07, 6.45) is -2.23. The number of aliphatic hydroxyl groups is 2. The summed E-state index contributed by atoms with van der Waals surface area (Å²) in [5.41, 5.74) is 5.92. The molecule has 1 aliphatic rings. The molecule has 3 N–H and O–H groups in total. The zero-order valence-corrected chi connectivity index (χ0v) is 24.6. The highest BCUT2D eigenvalue weighted by Gasteiger charge is 2.38. The van der Waals surface area contributed by atoms with Gasteiger partial charge in [-0.2, -0.15) is 0 Å². The highest BCUT2D eigenvalue weighted by atomic mass is 32.1. The first-order chi connectivity index (χ1) is 19.6. The number of benzene rings is 2. The predicted octanol–water partition coefficient (Wildman–Crippen LogP) is 2.93. The third-order valence-electron chi connectivity index (χ3n) is 7.56. The van der Waals surface area contributed by atoms with Crippen LogP contribution in [0.2, 0.25) is 0 Å². The van der Waals surface area contributed by atoms with Gasteiger partial charge in [0.15, 0.2) is 12.2 Å². The normalized spacial score (nSPS) is 16.6. The average molecular weight is 577 g/mol. The first kappa shape index (κ1) is 28.7. The molecule has 0 radical (unpaired) electrons. The fourth-order valence-corrected chi connectivity index (χ4v) is 6.05. The van der Waals surface area contributed by atoms with Crippen molar-refractivity contribution in [1.29, 1.82) is 0 Å². The summed E-state index contributed by atoms with van der Waals surface area (Å²) in [4.78, 5) is 38.7. The minimum Gasteiger partial charge on any atom is -0.380 e. The van der Waals surface area contributed by atoms with Crippen LogP contribution in [0, 0.1) is 13.8 Å². The van der Waals surface area contributed by atoms with Crippen LogP contribution in [0.3, 0.4) is 0 Å². The number of rotatable bonds is 9. The van der Waals surface area contributed by atoms with Crippen LogP contribution < -0.4 is 10.2 Å². The van der Waals surface area contributed by atoms with Crippen molar-refractivity contribution in [3.05, 3.63) is 75.5 Å². The number of fused-ring (bicyclic) bond motifs is 1. The number of aliphatic hydroxyl groups excluding tert-OH is 2. The second-order valence-corrected chi connectivity index (χ2v) is 11.7. The topological polar surface area (TPSA) is 124 Å². The van der Waals surface area contributed by atoms with Crippen molar-refractivity contribution < 1.29 is 19.8 Å². The number of anilines is 1. The minimum atomic E-state index is -1.89. The van der Waals surface area contributed by atoms with E-state index in [9.17, 15) is 19.8 Å². The van der Waals surface area contributed by atoms with Gasteiger partial charge in [0.2, 0.25) is 0 Å². The summed E-state index contributed by atoms with van der Waals surface area (Å²) in [5, 5.41) is 26.4. The molecule has 216 valence electrons. The van der Waals surface area contributed by atoms with Gasteiger partial charge in [0.1, 0.15) is 10.8 Å². The molecule has 4 aromatic rings. The van der Waals surface area contributed by atoms with Gasteiger partial charge in [-0.05, 0) is 62.1 Å². The van der Waals surface area contributed by atoms with Crippen LogP contribution in [0.25, 0.3) is 11.0 Å². The van der Waals surface area contributed by atoms with Crippen molar-refractivity contribution in [2.24, 2.45) is 0 Å². The number of hydrogen-bond acceptors (Lipinski definition) is 8. The van der Waals surface area contributed by atoms with E-state index >= 15 is 0 Å². The molecule has 2 amide bonds. The van der Waals surface area contributed by atoms with Crippen LogP contribution in [-0.4, -0.2) is 74.3 Å². The van der Waals surface area contributed by atoms with Crippen LogP contribution in [0.15, 0.2) is 47.8 Å². The first-order valence-electron chi connectivity index (χ1n) is 13.7. The number of amides is 2. The maximum absolute atomic E-state index is 13.2. The standard InChI is InChI=1S/C30H36N6O4S/c1-18-10-11-23-25(13-18)36(19(2)32-23)16-21-17-41-26(33-21)15-31-29(39)27(37)28(38)30(40)35-12-6-9-24(35)20-7-5-8-22(14-20)34(3)4/h5,7-8,10-11,13-14,17,24,27-28,37-38H,6,9,12,15-16H2,1-4H3,(H,31,39). The van der Waals surface area contributed by atoms with Crippen molar-refractivity contribution in [3.8, 4) is 0 Å². The summed E-state index contributed by atoms with van der Waals surface area (Å²) in [5.74, 6) is -0.583. The molecule has 1 fully saturated rings. The number of likely N-dealkylation sites (tertiary alicyclic amines) is 1. The number of imidazole rings is 1. The molecule has 3 atom stereocenters. The first-order valence-corrected chi connectivity index (χ1v) is 14.6. The van der Waals surface area contributed by atoms with Gasteiger partial charge in [-0.3, -0.25) is 9.59 Å². The monoisotopic (exact) mass is 576 g/mol. The van der Waals surface area contributed by atoms with Gasteiger partial charge in [-0.15, -0.1) is 11.3 Å². The van der Waals surface area contributed by atoms with Crippen molar-refractivity contribution in [2.75, 3.05) is 25.5 Å². The Bertz CT molecular complexity index is 1560. The van der Waals surface area contributed by atoms with Crippen molar-refractivity contribution in [2.45, 2.75) is 58.0 Å². The Labute approximate surface area is 243 Å². The number of nitrogens with zero attached hydrogens (tertiary/aromatic N) is 5. The highest BCUT2D eigenvalue weighted by molar-refractivity contribution is 7.09. The van der Waals surface area contributed by atoms with Crippen LogP contribution in [0.5, 0.6) is 0 Å². The van der Waals surface area contributed by atoms with Gasteiger partial charge in [-0.25, -0.2) is 9.97 Å². The Hall–Kier alpha value is -3.80. The maximum atomic E-state index is 13.2. The van der Waals surface area contributed by atoms with E-state index in [4.69, 9.17) is 0 Å². The van der Waals surface area contributed by atoms with Gasteiger partial charge < -0.3 is 29.9 Å². The van der Waals surface area contributed by atoms with E-state index in [0.29, 0.717) is 18.1 Å². The zero-order chi connectivity index (χ0) is 29.3. The van der Waals surface area contributed by atoms with Gasteiger partial charge in [0, 0.05) is 31.7 Å². The molecule has 41 heavy (non-hydrogen) atoms. The number of nitrogens with one attached hydrogen (secondary N) is 1. The number of aryl methyl sites for hydroxylation is 2. The smallest absolute Gasteiger partial charge is 0.255 e. The van der Waals surface area contributed by atoms with Crippen LogP contribution in [0.4, 0.5) is 5.69 Å². The fraction of sp³-hybridized carbons (Fsp3) is 0.400. The van der Waals surface area contributed by atoms with E-state index in [-0.39, 0.29) is 12.6 Å². The Morgan fingerprint density at radius 2 is 1.93 bits per heavy atom. The SMILES string of the molecule is Cc1ccc2nc(C)n(Cc3csc(CNC(=O)C(O)C(O)C(=O)N4CCCC4c4cccc(N(C)C)c4)n3)c2c1. The lowest BCUT2D eigenvalue weighted by Crippen LogP contribution is -2.50. The molecule has 11 heteroatoms. The molecule has 0 aliphatic carbocycles. The number of thiazole rings is 1. The summed E-state index contributed by atoms with van der Waals surface area (Å²) >= 11 is 1.39. The highest BCUT2D eigenvalue weighted by Crippen LogP contribution is 2.34. The quantitative estimate of drug-likeness (QED) is 0.280. The molecule has 2 aromatic carbocycles. The lowest BCUT2D eigenvalue weighted by molar-refractivity contribution is -0.153. The molecule has 10 nitrogen and oxygen atoms in total. The molecule has 1 saturated heterocycles. The minimum absolute atomic E-state index is 0.0773. The third kappa shape index (κ3) is 6.12. The van der Waals surface area contributed by atoms with Gasteiger partial charge >= 0.3 is 0 Å². The van der Waals surface area contributed by atoms with Gasteiger partial charge in [0.05, 0.1) is 35.9 Å². The van der Waals surface area contributed by atoms with E-state index in [2.05, 4.69) is 25.9 Å². The number of carbonyl (C=O) groups excluding carboxylic acids is 2.